The highest BCUT2D eigenvalue weighted by atomic mass is 32.1. The van der Waals surface area contributed by atoms with E-state index in [9.17, 15) is 4.79 Å². The minimum absolute atomic E-state index is 0.123. The van der Waals surface area contributed by atoms with Gasteiger partial charge in [-0.25, -0.2) is 0 Å². The van der Waals surface area contributed by atoms with Gasteiger partial charge in [0.15, 0.2) is 5.71 Å². The van der Waals surface area contributed by atoms with E-state index < -0.39 is 0 Å². The largest absolute Gasteiger partial charge is 0.318 e. The van der Waals surface area contributed by atoms with E-state index in [-0.39, 0.29) is 5.91 Å². The van der Waals surface area contributed by atoms with Gasteiger partial charge in [-0.3, -0.25) is 4.79 Å². The van der Waals surface area contributed by atoms with Crippen molar-refractivity contribution in [2.45, 2.75) is 6.54 Å². The third-order valence-electron chi connectivity index (χ3n) is 5.03. The summed E-state index contributed by atoms with van der Waals surface area (Å²) in [5, 5.41) is 8.84. The third kappa shape index (κ3) is 3.07. The predicted octanol–water partition coefficient (Wildman–Crippen LogP) is 4.09. The maximum Gasteiger partial charge on any atom is 0.279 e. The van der Waals surface area contributed by atoms with Crippen LogP contribution in [0, 0.1) is 0 Å². The Morgan fingerprint density at radius 2 is 1.59 bits per heavy atom. The predicted molar refractivity (Wildman–Crippen MR) is 117 cm³/mol. The molecule has 2 heterocycles. The van der Waals surface area contributed by atoms with Crippen LogP contribution in [0.5, 0.6) is 0 Å². The zero-order valence-electron chi connectivity index (χ0n) is 15.8. The lowest BCUT2D eigenvalue weighted by atomic mass is 10.1. The third-order valence-corrected chi connectivity index (χ3v) is 6.13. The highest BCUT2D eigenvalue weighted by molar-refractivity contribution is 7.16. The van der Waals surface area contributed by atoms with Crippen molar-refractivity contribution in [3.8, 4) is 0 Å². The Hall–Kier alpha value is -3.51. The van der Waals surface area contributed by atoms with Crippen molar-refractivity contribution >= 4 is 38.9 Å². The standard InChI is InChI=1S/C23H18N4OS/c1-26-19-13-7-8-14-20(19)29-23(26)25-24-21-17-11-5-6-12-18(17)27(22(21)28)15-16-9-3-2-4-10-16/h2-14H,15H2,1H3/b24-21+,25-23-. The summed E-state index contributed by atoms with van der Waals surface area (Å²) in [6.45, 7) is 0.506. The van der Waals surface area contributed by atoms with Gasteiger partial charge in [0, 0.05) is 12.6 Å². The van der Waals surface area contributed by atoms with Crippen LogP contribution in [0.4, 0.5) is 5.69 Å². The van der Waals surface area contributed by atoms with Gasteiger partial charge in [0.05, 0.1) is 22.4 Å². The Bertz CT molecular complexity index is 1320. The summed E-state index contributed by atoms with van der Waals surface area (Å²) in [5.41, 5.74) is 4.25. The van der Waals surface area contributed by atoms with E-state index in [2.05, 4.69) is 22.3 Å². The van der Waals surface area contributed by atoms with Crippen LogP contribution in [0.3, 0.4) is 0 Å². The number of fused-ring (bicyclic) bond motifs is 2. The molecule has 0 fully saturated rings. The molecule has 0 unspecified atom stereocenters. The van der Waals surface area contributed by atoms with Crippen molar-refractivity contribution in [2.75, 3.05) is 4.90 Å². The summed E-state index contributed by atoms with van der Waals surface area (Å²) in [6, 6.07) is 25.8. The van der Waals surface area contributed by atoms with Crippen LogP contribution in [0.15, 0.2) is 89.1 Å². The van der Waals surface area contributed by atoms with Crippen LogP contribution in [-0.4, -0.2) is 16.2 Å². The van der Waals surface area contributed by atoms with Gasteiger partial charge in [0.1, 0.15) is 0 Å². The SMILES string of the molecule is Cn1/c(=N/N=C2/C(=O)N(Cc3ccccc3)c3ccccc32)sc2ccccc21. The molecule has 1 aromatic heterocycles. The van der Waals surface area contributed by atoms with Crippen molar-refractivity contribution in [3.63, 3.8) is 0 Å². The molecule has 29 heavy (non-hydrogen) atoms. The summed E-state index contributed by atoms with van der Waals surface area (Å²) >= 11 is 1.56. The molecule has 0 radical (unpaired) electrons. The van der Waals surface area contributed by atoms with E-state index in [1.807, 2.05) is 78.3 Å². The smallest absolute Gasteiger partial charge is 0.279 e. The second-order valence-electron chi connectivity index (χ2n) is 6.85. The van der Waals surface area contributed by atoms with Gasteiger partial charge < -0.3 is 9.47 Å². The molecule has 0 saturated heterocycles. The Kier molecular flexibility index (Phi) is 4.33. The molecule has 1 amide bonds. The van der Waals surface area contributed by atoms with Gasteiger partial charge in [-0.05, 0) is 23.8 Å². The number of nitrogens with zero attached hydrogens (tertiary/aromatic N) is 4. The van der Waals surface area contributed by atoms with Crippen LogP contribution >= 0.6 is 11.3 Å². The van der Waals surface area contributed by atoms with Crippen LogP contribution in [-0.2, 0) is 18.4 Å². The average Bonchev–Trinajstić information content (AvgIpc) is 3.22. The summed E-state index contributed by atoms with van der Waals surface area (Å²) in [4.78, 5) is 15.7. The number of aryl methyl sites for hydroxylation is 1. The minimum atomic E-state index is -0.123. The summed E-state index contributed by atoms with van der Waals surface area (Å²) in [5.74, 6) is -0.123. The van der Waals surface area contributed by atoms with Gasteiger partial charge >= 0.3 is 0 Å². The fourth-order valence-electron chi connectivity index (χ4n) is 3.55. The maximum atomic E-state index is 13.2. The summed E-state index contributed by atoms with van der Waals surface area (Å²) in [7, 11) is 1.96. The number of benzene rings is 3. The monoisotopic (exact) mass is 398 g/mol. The van der Waals surface area contributed by atoms with Crippen LogP contribution in [0.25, 0.3) is 10.2 Å². The quantitative estimate of drug-likeness (QED) is 0.480. The molecule has 0 N–H and O–H groups in total. The van der Waals surface area contributed by atoms with Gasteiger partial charge in [0.2, 0.25) is 4.80 Å². The lowest BCUT2D eigenvalue weighted by molar-refractivity contribution is -0.112. The Labute approximate surface area is 171 Å². The van der Waals surface area contributed by atoms with Gasteiger partial charge in [-0.1, -0.05) is 72.0 Å². The minimum Gasteiger partial charge on any atom is -0.318 e. The lowest BCUT2D eigenvalue weighted by Crippen LogP contribution is -2.29. The molecule has 3 aromatic carbocycles. The van der Waals surface area contributed by atoms with Crippen LogP contribution < -0.4 is 9.70 Å². The van der Waals surface area contributed by atoms with E-state index in [0.29, 0.717) is 12.3 Å². The normalized spacial score (nSPS) is 15.5. The molecule has 1 aliphatic heterocycles. The van der Waals surface area contributed by atoms with Crippen LogP contribution in [0.2, 0.25) is 0 Å². The second kappa shape index (κ2) is 7.14. The Morgan fingerprint density at radius 3 is 2.41 bits per heavy atom. The number of carbonyl (C=O) groups is 1. The Balaban J connectivity index is 1.58. The molecule has 4 aromatic rings. The van der Waals surface area contributed by atoms with E-state index in [0.717, 1.165) is 31.8 Å². The number of carbonyl (C=O) groups excluding carboxylic acids is 1. The van der Waals surface area contributed by atoms with Crippen molar-refractivity contribution < 1.29 is 4.79 Å². The number of para-hydroxylation sites is 2. The molecule has 1 aliphatic rings. The first-order chi connectivity index (χ1) is 14.2. The van der Waals surface area contributed by atoms with E-state index >= 15 is 0 Å². The summed E-state index contributed by atoms with van der Waals surface area (Å²) in [6.07, 6.45) is 0. The van der Waals surface area contributed by atoms with E-state index in [1.165, 1.54) is 0 Å². The molecule has 0 saturated carbocycles. The first-order valence-electron chi connectivity index (χ1n) is 9.34. The van der Waals surface area contributed by atoms with E-state index in [4.69, 9.17) is 0 Å². The molecular formula is C23H18N4OS. The molecule has 6 heteroatoms. The van der Waals surface area contributed by atoms with Crippen molar-refractivity contribution in [3.05, 3.63) is 94.8 Å². The topological polar surface area (TPSA) is 50.0 Å². The zero-order valence-corrected chi connectivity index (χ0v) is 16.6. The number of thiazole rings is 1. The number of amides is 1. The average molecular weight is 398 g/mol. The van der Waals surface area contributed by atoms with Crippen molar-refractivity contribution in [2.24, 2.45) is 17.3 Å². The van der Waals surface area contributed by atoms with Gasteiger partial charge in [-0.2, -0.15) is 0 Å². The van der Waals surface area contributed by atoms with Crippen molar-refractivity contribution in [1.82, 2.24) is 4.57 Å². The number of hydrogen-bond acceptors (Lipinski definition) is 4. The van der Waals surface area contributed by atoms with Gasteiger partial charge in [0.25, 0.3) is 5.91 Å². The molecule has 142 valence electrons. The first kappa shape index (κ1) is 17.6. The Morgan fingerprint density at radius 1 is 0.862 bits per heavy atom. The summed E-state index contributed by atoms with van der Waals surface area (Å²) < 4.78 is 3.13. The lowest BCUT2D eigenvalue weighted by Gasteiger charge is -2.16. The molecule has 5 nitrogen and oxygen atoms in total. The zero-order chi connectivity index (χ0) is 19.8. The molecule has 0 atom stereocenters. The fourth-order valence-corrected chi connectivity index (χ4v) is 4.52. The molecular weight excluding hydrogens is 380 g/mol. The maximum absolute atomic E-state index is 13.2. The number of rotatable bonds is 3. The number of anilines is 1. The first-order valence-corrected chi connectivity index (χ1v) is 10.2. The highest BCUT2D eigenvalue weighted by Gasteiger charge is 2.33. The number of hydrogen-bond donors (Lipinski definition) is 0. The van der Waals surface area contributed by atoms with Crippen LogP contribution in [0.1, 0.15) is 11.1 Å². The van der Waals surface area contributed by atoms with Gasteiger partial charge in [-0.15, -0.1) is 10.2 Å². The molecule has 0 aliphatic carbocycles. The van der Waals surface area contributed by atoms with E-state index in [1.54, 1.807) is 16.2 Å². The molecule has 0 bridgehead atoms. The van der Waals surface area contributed by atoms with Crippen molar-refractivity contribution in [1.29, 1.82) is 0 Å². The molecule has 0 spiro atoms. The molecule has 5 rings (SSSR count). The highest BCUT2D eigenvalue weighted by Crippen LogP contribution is 2.30. The number of aromatic nitrogens is 1. The fraction of sp³-hybridized carbons (Fsp3) is 0.0870. The second-order valence-corrected chi connectivity index (χ2v) is 7.86.